The molecule has 0 heterocycles. The van der Waals surface area contributed by atoms with E-state index in [0.29, 0.717) is 6.54 Å². The lowest BCUT2D eigenvalue weighted by Gasteiger charge is -2.05. The van der Waals surface area contributed by atoms with Gasteiger partial charge in [0.25, 0.3) is 0 Å². The molecule has 0 aliphatic heterocycles. The van der Waals surface area contributed by atoms with Crippen LogP contribution in [0.2, 0.25) is 0 Å². The first-order valence-corrected chi connectivity index (χ1v) is 5.70. The summed E-state index contributed by atoms with van der Waals surface area (Å²) in [4.78, 5) is 22.3. The van der Waals surface area contributed by atoms with Gasteiger partial charge in [0.1, 0.15) is 0 Å². The van der Waals surface area contributed by atoms with E-state index < -0.39 is 11.9 Å². The minimum absolute atomic E-state index is 0.206. The van der Waals surface area contributed by atoms with Crippen LogP contribution in [0.25, 0.3) is 0 Å². The van der Waals surface area contributed by atoms with E-state index >= 15 is 0 Å². The van der Waals surface area contributed by atoms with E-state index in [1.807, 2.05) is 24.3 Å². The molecule has 17 heavy (non-hydrogen) atoms. The van der Waals surface area contributed by atoms with Crippen molar-refractivity contribution in [2.75, 3.05) is 6.61 Å². The summed E-state index contributed by atoms with van der Waals surface area (Å²) in [5.41, 5.74) is 2.20. The maximum absolute atomic E-state index is 11.2. The van der Waals surface area contributed by atoms with E-state index in [2.05, 4.69) is 17.0 Å². The third-order valence-corrected chi connectivity index (χ3v) is 2.35. The second kappa shape index (κ2) is 6.68. The zero-order valence-electron chi connectivity index (χ0n) is 10.2. The standard InChI is InChI=1S/C13H17NO3/c1-3-10-5-7-11(8-6-10)9-14-12(15)13(16)17-4-2/h5-8H,3-4,9H2,1-2H3,(H,14,15). The SMILES string of the molecule is CCOC(=O)C(=O)NCc1ccc(CC)cc1. The number of carbonyl (C=O) groups excluding carboxylic acids is 2. The van der Waals surface area contributed by atoms with Crippen molar-refractivity contribution in [3.05, 3.63) is 35.4 Å². The van der Waals surface area contributed by atoms with Crippen molar-refractivity contribution in [3.63, 3.8) is 0 Å². The number of hydrogen-bond donors (Lipinski definition) is 1. The van der Waals surface area contributed by atoms with Gasteiger partial charge in [-0.3, -0.25) is 4.79 Å². The smallest absolute Gasteiger partial charge is 0.396 e. The van der Waals surface area contributed by atoms with E-state index in [0.717, 1.165) is 12.0 Å². The maximum atomic E-state index is 11.2. The van der Waals surface area contributed by atoms with Crippen LogP contribution < -0.4 is 5.32 Å². The minimum Gasteiger partial charge on any atom is -0.459 e. The third kappa shape index (κ3) is 4.26. The molecule has 92 valence electrons. The molecular weight excluding hydrogens is 218 g/mol. The molecule has 0 aromatic heterocycles. The van der Waals surface area contributed by atoms with Crippen LogP contribution in [-0.2, 0) is 27.3 Å². The van der Waals surface area contributed by atoms with Crippen molar-refractivity contribution in [2.24, 2.45) is 0 Å². The predicted molar refractivity (Wildman–Crippen MR) is 64.3 cm³/mol. The molecule has 4 heteroatoms. The quantitative estimate of drug-likeness (QED) is 0.634. The Balaban J connectivity index is 2.44. The highest BCUT2D eigenvalue weighted by Gasteiger charge is 2.13. The molecule has 4 nitrogen and oxygen atoms in total. The number of esters is 1. The van der Waals surface area contributed by atoms with Gasteiger partial charge in [0.05, 0.1) is 6.61 Å². The highest BCUT2D eigenvalue weighted by molar-refractivity contribution is 6.32. The van der Waals surface area contributed by atoms with Gasteiger partial charge in [0.15, 0.2) is 0 Å². The van der Waals surface area contributed by atoms with Gasteiger partial charge in [-0.2, -0.15) is 0 Å². The van der Waals surface area contributed by atoms with E-state index in [4.69, 9.17) is 0 Å². The van der Waals surface area contributed by atoms with E-state index in [1.165, 1.54) is 5.56 Å². The van der Waals surface area contributed by atoms with Crippen LogP contribution in [0, 0.1) is 0 Å². The fourth-order valence-electron chi connectivity index (χ4n) is 1.34. The lowest BCUT2D eigenvalue weighted by atomic mass is 10.1. The molecule has 0 atom stereocenters. The number of benzene rings is 1. The van der Waals surface area contributed by atoms with Crippen molar-refractivity contribution < 1.29 is 14.3 Å². The summed E-state index contributed by atoms with van der Waals surface area (Å²) < 4.78 is 4.58. The summed E-state index contributed by atoms with van der Waals surface area (Å²) in [7, 11) is 0. The summed E-state index contributed by atoms with van der Waals surface area (Å²) in [6, 6.07) is 7.88. The van der Waals surface area contributed by atoms with Crippen LogP contribution >= 0.6 is 0 Å². The normalized spacial score (nSPS) is 9.76. The van der Waals surface area contributed by atoms with Gasteiger partial charge < -0.3 is 10.1 Å². The molecule has 0 aliphatic carbocycles. The second-order valence-corrected chi connectivity index (χ2v) is 3.57. The molecule has 1 N–H and O–H groups in total. The monoisotopic (exact) mass is 235 g/mol. The maximum Gasteiger partial charge on any atom is 0.396 e. The molecule has 0 aliphatic rings. The van der Waals surface area contributed by atoms with Gasteiger partial charge >= 0.3 is 11.9 Å². The molecule has 0 saturated heterocycles. The zero-order chi connectivity index (χ0) is 12.7. The minimum atomic E-state index is -0.835. The van der Waals surface area contributed by atoms with E-state index in [9.17, 15) is 9.59 Å². The third-order valence-electron chi connectivity index (χ3n) is 2.35. The molecule has 0 bridgehead atoms. The van der Waals surface area contributed by atoms with E-state index in [1.54, 1.807) is 6.92 Å². The van der Waals surface area contributed by atoms with Gasteiger partial charge in [0.2, 0.25) is 0 Å². The Labute approximate surface area is 101 Å². The summed E-state index contributed by atoms with van der Waals surface area (Å²) >= 11 is 0. The number of amides is 1. The van der Waals surface area contributed by atoms with Crippen LogP contribution in [0.5, 0.6) is 0 Å². The van der Waals surface area contributed by atoms with Crippen molar-refractivity contribution in [2.45, 2.75) is 26.8 Å². The number of aryl methyl sites for hydroxylation is 1. The Bertz CT molecular complexity index is 384. The van der Waals surface area contributed by atoms with Gasteiger partial charge in [-0.1, -0.05) is 31.2 Å². The molecule has 0 saturated carbocycles. The summed E-state index contributed by atoms with van der Waals surface area (Å²) in [5, 5.41) is 2.51. The van der Waals surface area contributed by atoms with Crippen LogP contribution in [0.4, 0.5) is 0 Å². The van der Waals surface area contributed by atoms with Gasteiger partial charge in [-0.25, -0.2) is 4.79 Å². The molecule has 0 fully saturated rings. The topological polar surface area (TPSA) is 55.4 Å². The molecule has 1 amide bonds. The Kier molecular flexibility index (Phi) is 5.20. The highest BCUT2D eigenvalue weighted by atomic mass is 16.5. The first-order chi connectivity index (χ1) is 8.17. The molecule has 1 rings (SSSR count). The summed E-state index contributed by atoms with van der Waals surface area (Å²) in [6.45, 7) is 4.28. The fourth-order valence-corrected chi connectivity index (χ4v) is 1.34. The second-order valence-electron chi connectivity index (χ2n) is 3.57. The highest BCUT2D eigenvalue weighted by Crippen LogP contribution is 2.04. The first kappa shape index (κ1) is 13.2. The molecule has 0 radical (unpaired) electrons. The number of rotatable bonds is 4. The van der Waals surface area contributed by atoms with Crippen molar-refractivity contribution in [3.8, 4) is 0 Å². The molecule has 0 unspecified atom stereocenters. The largest absolute Gasteiger partial charge is 0.459 e. The Hall–Kier alpha value is -1.84. The first-order valence-electron chi connectivity index (χ1n) is 5.70. The lowest BCUT2D eigenvalue weighted by Crippen LogP contribution is -2.32. The Morgan fingerprint density at radius 1 is 1.12 bits per heavy atom. The zero-order valence-corrected chi connectivity index (χ0v) is 10.2. The summed E-state index contributed by atoms with van der Waals surface area (Å²) in [5.74, 6) is -1.54. The number of carbonyl (C=O) groups is 2. The predicted octanol–water partition coefficient (Wildman–Crippen LogP) is 1.43. The van der Waals surface area contributed by atoms with Crippen LogP contribution in [0.15, 0.2) is 24.3 Å². The lowest BCUT2D eigenvalue weighted by molar-refractivity contribution is -0.154. The Morgan fingerprint density at radius 3 is 2.24 bits per heavy atom. The van der Waals surface area contributed by atoms with Crippen molar-refractivity contribution in [1.82, 2.24) is 5.32 Å². The van der Waals surface area contributed by atoms with Gasteiger partial charge in [0, 0.05) is 6.54 Å². The van der Waals surface area contributed by atoms with Crippen molar-refractivity contribution >= 4 is 11.9 Å². The van der Waals surface area contributed by atoms with Crippen LogP contribution in [0.1, 0.15) is 25.0 Å². The fraction of sp³-hybridized carbons (Fsp3) is 0.385. The average Bonchev–Trinajstić information content (AvgIpc) is 2.36. The van der Waals surface area contributed by atoms with Gasteiger partial charge in [-0.05, 0) is 24.5 Å². The average molecular weight is 235 g/mol. The van der Waals surface area contributed by atoms with E-state index in [-0.39, 0.29) is 6.61 Å². The molecule has 1 aromatic rings. The molecule has 0 spiro atoms. The van der Waals surface area contributed by atoms with Crippen LogP contribution in [-0.4, -0.2) is 18.5 Å². The molecular formula is C13H17NO3. The van der Waals surface area contributed by atoms with Crippen molar-refractivity contribution in [1.29, 1.82) is 0 Å². The summed E-state index contributed by atoms with van der Waals surface area (Å²) in [6.07, 6.45) is 0.982. The number of hydrogen-bond acceptors (Lipinski definition) is 3. The van der Waals surface area contributed by atoms with Gasteiger partial charge in [-0.15, -0.1) is 0 Å². The number of nitrogens with one attached hydrogen (secondary N) is 1. The Morgan fingerprint density at radius 2 is 1.71 bits per heavy atom. The number of ether oxygens (including phenoxy) is 1. The van der Waals surface area contributed by atoms with Crippen LogP contribution in [0.3, 0.4) is 0 Å². The molecule has 1 aromatic carbocycles.